The maximum absolute atomic E-state index is 12.5. The summed E-state index contributed by atoms with van der Waals surface area (Å²) in [5.74, 6) is -0.0106. The summed E-state index contributed by atoms with van der Waals surface area (Å²) in [6, 6.07) is 3.48. The second kappa shape index (κ2) is 7.23. The molecule has 21 heavy (non-hydrogen) atoms. The molecule has 0 spiro atoms. The van der Waals surface area contributed by atoms with Crippen LogP contribution in [-0.2, 0) is 5.41 Å². The predicted molar refractivity (Wildman–Crippen MR) is 88.1 cm³/mol. The number of carbonyl (C=O) groups excluding carboxylic acids is 1. The molecule has 5 heteroatoms. The topological polar surface area (TPSA) is 36.4 Å². The summed E-state index contributed by atoms with van der Waals surface area (Å²) < 4.78 is 0. The summed E-state index contributed by atoms with van der Waals surface area (Å²) >= 11 is 6.06. The second-order valence-corrected chi connectivity index (χ2v) is 7.08. The van der Waals surface area contributed by atoms with E-state index in [1.165, 1.54) is 0 Å². The minimum absolute atomic E-state index is 0.0106. The van der Waals surface area contributed by atoms with Crippen LogP contribution in [0, 0.1) is 0 Å². The molecule has 0 unspecified atom stereocenters. The van der Waals surface area contributed by atoms with E-state index < -0.39 is 0 Å². The molecule has 0 aromatic carbocycles. The SMILES string of the molecule is CN(C)CCCN(C)C(=O)c1cc(Cl)nc(C(C)(C)C)c1. The molecule has 4 nitrogen and oxygen atoms in total. The minimum atomic E-state index is -0.135. The molecule has 0 atom stereocenters. The van der Waals surface area contributed by atoms with Crippen LogP contribution in [0.25, 0.3) is 0 Å². The lowest BCUT2D eigenvalue weighted by molar-refractivity contribution is 0.0790. The number of hydrogen-bond donors (Lipinski definition) is 0. The van der Waals surface area contributed by atoms with Crippen molar-refractivity contribution in [2.75, 3.05) is 34.2 Å². The van der Waals surface area contributed by atoms with Crippen molar-refractivity contribution in [2.45, 2.75) is 32.6 Å². The Kier molecular flexibility index (Phi) is 6.17. The third kappa shape index (κ3) is 5.64. The fraction of sp³-hybridized carbons (Fsp3) is 0.625. The van der Waals surface area contributed by atoms with E-state index in [2.05, 4.69) is 30.7 Å². The van der Waals surface area contributed by atoms with E-state index >= 15 is 0 Å². The van der Waals surface area contributed by atoms with Crippen molar-refractivity contribution < 1.29 is 4.79 Å². The third-order valence-corrected chi connectivity index (χ3v) is 3.45. The lowest BCUT2D eigenvalue weighted by atomic mass is 9.91. The summed E-state index contributed by atoms with van der Waals surface area (Å²) in [4.78, 5) is 20.6. The quantitative estimate of drug-likeness (QED) is 0.784. The molecule has 0 aliphatic rings. The van der Waals surface area contributed by atoms with Crippen molar-refractivity contribution in [3.05, 3.63) is 28.5 Å². The highest BCUT2D eigenvalue weighted by atomic mass is 35.5. The number of rotatable bonds is 5. The van der Waals surface area contributed by atoms with Gasteiger partial charge in [-0.1, -0.05) is 32.4 Å². The van der Waals surface area contributed by atoms with Gasteiger partial charge in [-0.25, -0.2) is 4.98 Å². The molecule has 0 saturated heterocycles. The Balaban J connectivity index is 2.84. The van der Waals surface area contributed by atoms with E-state index in [0.717, 1.165) is 25.2 Å². The van der Waals surface area contributed by atoms with Crippen LogP contribution in [0.1, 0.15) is 43.2 Å². The lowest BCUT2D eigenvalue weighted by Crippen LogP contribution is -2.30. The molecule has 1 amide bonds. The normalized spacial score (nSPS) is 11.8. The molecule has 1 aromatic heterocycles. The molecule has 1 aromatic rings. The van der Waals surface area contributed by atoms with E-state index in [1.54, 1.807) is 11.0 Å². The first kappa shape index (κ1) is 17.9. The zero-order valence-corrected chi connectivity index (χ0v) is 14.7. The molecule has 0 N–H and O–H groups in total. The number of carbonyl (C=O) groups is 1. The molecule has 1 rings (SSSR count). The van der Waals surface area contributed by atoms with Crippen molar-refractivity contribution in [1.82, 2.24) is 14.8 Å². The second-order valence-electron chi connectivity index (χ2n) is 6.70. The highest BCUT2D eigenvalue weighted by Crippen LogP contribution is 2.23. The molecule has 0 radical (unpaired) electrons. The first-order valence-corrected chi connectivity index (χ1v) is 7.57. The van der Waals surface area contributed by atoms with Gasteiger partial charge in [0.1, 0.15) is 5.15 Å². The number of pyridine rings is 1. The fourth-order valence-corrected chi connectivity index (χ4v) is 2.16. The van der Waals surface area contributed by atoms with Gasteiger partial charge in [0.25, 0.3) is 5.91 Å². The average Bonchev–Trinajstić information content (AvgIpc) is 2.35. The minimum Gasteiger partial charge on any atom is -0.342 e. The molecule has 118 valence electrons. The summed E-state index contributed by atoms with van der Waals surface area (Å²) in [5.41, 5.74) is 1.30. The summed E-state index contributed by atoms with van der Waals surface area (Å²) in [6.07, 6.45) is 0.945. The van der Waals surface area contributed by atoms with Gasteiger partial charge in [0, 0.05) is 30.3 Å². The standard InChI is InChI=1S/C16H26ClN3O/c1-16(2,3)13-10-12(11-14(17)18-13)15(21)20(6)9-7-8-19(4)5/h10-11H,7-9H2,1-6H3. The largest absolute Gasteiger partial charge is 0.342 e. The predicted octanol–water partition coefficient (Wildman–Crippen LogP) is 3.06. The van der Waals surface area contributed by atoms with E-state index in [-0.39, 0.29) is 11.3 Å². The van der Waals surface area contributed by atoms with Gasteiger partial charge in [0.2, 0.25) is 0 Å². The third-order valence-electron chi connectivity index (χ3n) is 3.26. The van der Waals surface area contributed by atoms with Gasteiger partial charge in [-0.2, -0.15) is 0 Å². The van der Waals surface area contributed by atoms with E-state index in [9.17, 15) is 4.79 Å². The van der Waals surface area contributed by atoms with Gasteiger partial charge in [0.15, 0.2) is 0 Å². The van der Waals surface area contributed by atoms with Crippen molar-refractivity contribution in [1.29, 1.82) is 0 Å². The van der Waals surface area contributed by atoms with Gasteiger partial charge < -0.3 is 9.80 Å². The number of halogens is 1. The number of hydrogen-bond acceptors (Lipinski definition) is 3. The van der Waals surface area contributed by atoms with Gasteiger partial charge in [0.05, 0.1) is 0 Å². The molecule has 0 bridgehead atoms. The molecule has 0 aliphatic heterocycles. The van der Waals surface area contributed by atoms with Crippen LogP contribution in [0.5, 0.6) is 0 Å². The Morgan fingerprint density at radius 2 is 1.81 bits per heavy atom. The van der Waals surface area contributed by atoms with Crippen molar-refractivity contribution >= 4 is 17.5 Å². The zero-order valence-electron chi connectivity index (χ0n) is 13.9. The average molecular weight is 312 g/mol. The van der Waals surface area contributed by atoms with Crippen LogP contribution in [0.3, 0.4) is 0 Å². The molecule has 0 fully saturated rings. The monoisotopic (exact) mass is 311 g/mol. The van der Waals surface area contributed by atoms with Crippen LogP contribution in [-0.4, -0.2) is 54.9 Å². The van der Waals surface area contributed by atoms with Crippen LogP contribution >= 0.6 is 11.6 Å². The van der Waals surface area contributed by atoms with Gasteiger partial charge >= 0.3 is 0 Å². The van der Waals surface area contributed by atoms with E-state index in [0.29, 0.717) is 10.7 Å². The maximum Gasteiger partial charge on any atom is 0.253 e. The number of nitrogens with zero attached hydrogens (tertiary/aromatic N) is 3. The Morgan fingerprint density at radius 3 is 2.33 bits per heavy atom. The van der Waals surface area contributed by atoms with Crippen LogP contribution in [0.2, 0.25) is 5.15 Å². The van der Waals surface area contributed by atoms with E-state index in [1.807, 2.05) is 27.2 Å². The van der Waals surface area contributed by atoms with E-state index in [4.69, 9.17) is 11.6 Å². The Morgan fingerprint density at radius 1 is 1.19 bits per heavy atom. The maximum atomic E-state index is 12.5. The molecular weight excluding hydrogens is 286 g/mol. The Labute approximate surface area is 133 Å². The summed E-state index contributed by atoms with van der Waals surface area (Å²) in [5, 5.41) is 0.368. The Bertz CT molecular complexity index is 495. The first-order valence-electron chi connectivity index (χ1n) is 7.19. The highest BCUT2D eigenvalue weighted by molar-refractivity contribution is 6.29. The summed E-state index contributed by atoms with van der Waals surface area (Å²) in [6.45, 7) is 7.85. The molecule has 0 saturated carbocycles. The lowest BCUT2D eigenvalue weighted by Gasteiger charge is -2.21. The van der Waals surface area contributed by atoms with Gasteiger partial charge in [-0.3, -0.25) is 4.79 Å². The first-order chi connectivity index (χ1) is 9.61. The van der Waals surface area contributed by atoms with Crippen LogP contribution in [0.4, 0.5) is 0 Å². The number of amides is 1. The number of aromatic nitrogens is 1. The smallest absolute Gasteiger partial charge is 0.253 e. The molecule has 1 heterocycles. The Hall–Kier alpha value is -1.13. The van der Waals surface area contributed by atoms with Gasteiger partial charge in [-0.15, -0.1) is 0 Å². The van der Waals surface area contributed by atoms with Crippen molar-refractivity contribution in [3.63, 3.8) is 0 Å². The molecule has 0 aliphatic carbocycles. The van der Waals surface area contributed by atoms with Crippen LogP contribution in [0.15, 0.2) is 12.1 Å². The van der Waals surface area contributed by atoms with Crippen molar-refractivity contribution in [3.8, 4) is 0 Å². The summed E-state index contributed by atoms with van der Waals surface area (Å²) in [7, 11) is 5.88. The van der Waals surface area contributed by atoms with Crippen LogP contribution < -0.4 is 0 Å². The molecular formula is C16H26ClN3O. The van der Waals surface area contributed by atoms with Crippen molar-refractivity contribution in [2.24, 2.45) is 0 Å². The fourth-order valence-electron chi connectivity index (χ4n) is 1.95. The highest BCUT2D eigenvalue weighted by Gasteiger charge is 2.20. The van der Waals surface area contributed by atoms with Gasteiger partial charge in [-0.05, 0) is 39.2 Å². The zero-order chi connectivity index (χ0) is 16.2.